The molecule has 0 aromatic carbocycles. The minimum Gasteiger partial charge on any atom is -0.352 e. The summed E-state index contributed by atoms with van der Waals surface area (Å²) in [6, 6.07) is 0.0638. The minimum atomic E-state index is -4.20. The Labute approximate surface area is 104 Å². The van der Waals surface area contributed by atoms with Crippen LogP contribution in [0.15, 0.2) is 0 Å². The zero-order valence-electron chi connectivity index (χ0n) is 10.2. The Balaban J connectivity index is 3.52. The van der Waals surface area contributed by atoms with Gasteiger partial charge in [-0.25, -0.2) is 0 Å². The van der Waals surface area contributed by atoms with E-state index in [1.807, 2.05) is 20.8 Å². The van der Waals surface area contributed by atoms with Crippen molar-refractivity contribution < 1.29 is 18.0 Å². The van der Waals surface area contributed by atoms with Crippen molar-refractivity contribution in [2.45, 2.75) is 32.3 Å². The second-order valence-electron chi connectivity index (χ2n) is 4.07. The molecule has 3 nitrogen and oxygen atoms in total. The number of hydrogen-bond donors (Lipinski definition) is 2. The molecule has 0 rings (SSSR count). The third kappa shape index (κ3) is 10.4. The highest BCUT2D eigenvalue weighted by atomic mass is 32.2. The molecule has 0 radical (unpaired) electrons. The first-order valence-corrected chi connectivity index (χ1v) is 6.41. The lowest BCUT2D eigenvalue weighted by Gasteiger charge is -2.17. The van der Waals surface area contributed by atoms with Gasteiger partial charge < -0.3 is 10.6 Å². The van der Waals surface area contributed by atoms with Crippen molar-refractivity contribution >= 4 is 17.7 Å². The van der Waals surface area contributed by atoms with Gasteiger partial charge in [-0.15, -0.1) is 0 Å². The Morgan fingerprint density at radius 2 is 1.88 bits per heavy atom. The van der Waals surface area contributed by atoms with E-state index in [-0.39, 0.29) is 42.6 Å². The van der Waals surface area contributed by atoms with E-state index in [1.54, 1.807) is 0 Å². The van der Waals surface area contributed by atoms with Crippen LogP contribution < -0.4 is 10.6 Å². The van der Waals surface area contributed by atoms with Crippen LogP contribution in [0.25, 0.3) is 0 Å². The van der Waals surface area contributed by atoms with E-state index in [4.69, 9.17) is 0 Å². The van der Waals surface area contributed by atoms with Gasteiger partial charge in [-0.2, -0.15) is 13.2 Å². The molecule has 0 aromatic heterocycles. The third-order valence-corrected chi connectivity index (χ3v) is 2.95. The summed E-state index contributed by atoms with van der Waals surface area (Å²) in [7, 11) is 0. The first-order chi connectivity index (χ1) is 7.72. The Morgan fingerprint density at radius 3 is 2.35 bits per heavy atom. The summed E-state index contributed by atoms with van der Waals surface area (Å²) in [5.74, 6) is 0.0548. The molecule has 0 spiro atoms. The molecule has 7 heteroatoms. The highest BCUT2D eigenvalue weighted by Crippen LogP contribution is 2.29. The number of halogens is 3. The van der Waals surface area contributed by atoms with Gasteiger partial charge in [0.05, 0.1) is 6.54 Å². The van der Waals surface area contributed by atoms with Gasteiger partial charge in [0, 0.05) is 18.3 Å². The molecule has 1 unspecified atom stereocenters. The van der Waals surface area contributed by atoms with Crippen molar-refractivity contribution in [2.24, 2.45) is 5.92 Å². The van der Waals surface area contributed by atoms with Crippen LogP contribution in [0.2, 0.25) is 0 Å². The molecule has 0 aliphatic rings. The quantitative estimate of drug-likeness (QED) is 0.696. The van der Waals surface area contributed by atoms with Gasteiger partial charge in [0.1, 0.15) is 0 Å². The molecule has 0 bridgehead atoms. The van der Waals surface area contributed by atoms with Gasteiger partial charge >= 0.3 is 5.51 Å². The maximum atomic E-state index is 11.8. The maximum absolute atomic E-state index is 11.8. The van der Waals surface area contributed by atoms with Crippen molar-refractivity contribution in [1.82, 2.24) is 10.6 Å². The second-order valence-corrected chi connectivity index (χ2v) is 5.23. The Bertz CT molecular complexity index is 234. The molecular formula is C10H19F3N2OS. The molecule has 1 amide bonds. The monoisotopic (exact) mass is 272 g/mol. The summed E-state index contributed by atoms with van der Waals surface area (Å²) in [5, 5.41) is 5.43. The van der Waals surface area contributed by atoms with Gasteiger partial charge in [-0.05, 0) is 24.6 Å². The van der Waals surface area contributed by atoms with Gasteiger partial charge in [0.25, 0.3) is 0 Å². The number of nitrogens with one attached hydrogen (secondary N) is 2. The molecule has 2 N–H and O–H groups in total. The standard InChI is InChI=1S/C10H19F3N2OS/c1-7(2)8(3)15-9(16)6-14-4-5-17-10(11,12)13/h7-8,14H,4-6H2,1-3H3,(H,15,16). The number of thioether (sulfide) groups is 1. The molecule has 102 valence electrons. The van der Waals surface area contributed by atoms with Crippen LogP contribution in [0.4, 0.5) is 13.2 Å². The van der Waals surface area contributed by atoms with Crippen molar-refractivity contribution in [3.05, 3.63) is 0 Å². The normalized spacial score (nSPS) is 13.8. The third-order valence-electron chi connectivity index (χ3n) is 2.22. The number of rotatable bonds is 7. The molecule has 17 heavy (non-hydrogen) atoms. The molecule has 0 saturated heterocycles. The van der Waals surface area contributed by atoms with Gasteiger partial charge in [0.15, 0.2) is 0 Å². The molecule has 0 aliphatic carbocycles. The highest BCUT2D eigenvalue weighted by molar-refractivity contribution is 8.00. The smallest absolute Gasteiger partial charge is 0.352 e. The van der Waals surface area contributed by atoms with Crippen LogP contribution >= 0.6 is 11.8 Å². The zero-order valence-corrected chi connectivity index (χ0v) is 11.0. The largest absolute Gasteiger partial charge is 0.441 e. The fourth-order valence-corrected chi connectivity index (χ4v) is 1.39. The molecule has 0 aromatic rings. The van der Waals surface area contributed by atoms with Gasteiger partial charge in [-0.1, -0.05) is 13.8 Å². The van der Waals surface area contributed by atoms with Crippen molar-refractivity contribution in [3.63, 3.8) is 0 Å². The average molecular weight is 272 g/mol. The number of hydrogen-bond acceptors (Lipinski definition) is 3. The Kier molecular flexibility index (Phi) is 7.61. The van der Waals surface area contributed by atoms with Gasteiger partial charge in [0.2, 0.25) is 5.91 Å². The summed E-state index contributed by atoms with van der Waals surface area (Å²) in [6.07, 6.45) is 0. The summed E-state index contributed by atoms with van der Waals surface area (Å²) < 4.78 is 35.3. The summed E-state index contributed by atoms with van der Waals surface area (Å²) in [5.41, 5.74) is -4.20. The fraction of sp³-hybridized carbons (Fsp3) is 0.900. The average Bonchev–Trinajstić information content (AvgIpc) is 2.15. The van der Waals surface area contributed by atoms with Crippen LogP contribution in [0.1, 0.15) is 20.8 Å². The number of alkyl halides is 3. The number of carbonyl (C=O) groups excluding carboxylic acids is 1. The van der Waals surface area contributed by atoms with E-state index in [2.05, 4.69) is 10.6 Å². The van der Waals surface area contributed by atoms with Crippen LogP contribution in [0, 0.1) is 5.92 Å². The predicted octanol–water partition coefficient (Wildman–Crippen LogP) is 1.99. The molecule has 0 aliphatic heterocycles. The fourth-order valence-electron chi connectivity index (χ4n) is 0.912. The van der Waals surface area contributed by atoms with E-state index < -0.39 is 5.51 Å². The predicted molar refractivity (Wildman–Crippen MR) is 63.8 cm³/mol. The number of carbonyl (C=O) groups is 1. The van der Waals surface area contributed by atoms with E-state index in [9.17, 15) is 18.0 Å². The van der Waals surface area contributed by atoms with Crippen LogP contribution in [0.3, 0.4) is 0 Å². The lowest BCUT2D eigenvalue weighted by atomic mass is 10.1. The molecule has 0 fully saturated rings. The highest BCUT2D eigenvalue weighted by Gasteiger charge is 2.27. The first kappa shape index (κ1) is 16.6. The summed E-state index contributed by atoms with van der Waals surface area (Å²) in [4.78, 5) is 11.3. The van der Waals surface area contributed by atoms with Crippen LogP contribution in [-0.4, -0.2) is 36.3 Å². The van der Waals surface area contributed by atoms with Crippen molar-refractivity contribution in [3.8, 4) is 0 Å². The maximum Gasteiger partial charge on any atom is 0.441 e. The summed E-state index contributed by atoms with van der Waals surface area (Å²) >= 11 is -0.0902. The molecule has 0 heterocycles. The van der Waals surface area contributed by atoms with E-state index >= 15 is 0 Å². The molecule has 1 atom stereocenters. The lowest BCUT2D eigenvalue weighted by molar-refractivity contribution is -0.121. The summed E-state index contributed by atoms with van der Waals surface area (Å²) in [6.45, 7) is 6.07. The number of amides is 1. The van der Waals surface area contributed by atoms with E-state index in [0.29, 0.717) is 5.92 Å². The first-order valence-electron chi connectivity index (χ1n) is 5.43. The van der Waals surface area contributed by atoms with Crippen molar-refractivity contribution in [1.29, 1.82) is 0 Å². The zero-order chi connectivity index (χ0) is 13.5. The van der Waals surface area contributed by atoms with E-state index in [0.717, 1.165) is 0 Å². The van der Waals surface area contributed by atoms with E-state index in [1.165, 1.54) is 0 Å². The Hall–Kier alpha value is -0.430. The molecular weight excluding hydrogens is 253 g/mol. The van der Waals surface area contributed by atoms with Crippen molar-refractivity contribution in [2.75, 3.05) is 18.8 Å². The van der Waals surface area contributed by atoms with Gasteiger partial charge in [-0.3, -0.25) is 4.79 Å². The second kappa shape index (κ2) is 7.81. The van der Waals surface area contributed by atoms with Crippen LogP contribution in [0.5, 0.6) is 0 Å². The minimum absolute atomic E-state index is 0.0511. The SMILES string of the molecule is CC(C)C(C)NC(=O)CNCCSC(F)(F)F. The topological polar surface area (TPSA) is 41.1 Å². The Morgan fingerprint density at radius 1 is 1.29 bits per heavy atom. The van der Waals surface area contributed by atoms with Crippen LogP contribution in [-0.2, 0) is 4.79 Å². The lowest BCUT2D eigenvalue weighted by Crippen LogP contribution is -2.41. The molecule has 0 saturated carbocycles.